The van der Waals surface area contributed by atoms with E-state index in [0.717, 1.165) is 16.2 Å². The zero-order valence-corrected chi connectivity index (χ0v) is 6.99. The Bertz CT molecular complexity index is 299. The third-order valence-electron chi connectivity index (χ3n) is 1.51. The Hall–Kier alpha value is -1.30. The highest BCUT2D eigenvalue weighted by atomic mass is 16.5. The van der Waals surface area contributed by atoms with Crippen molar-refractivity contribution in [3.8, 4) is 12.3 Å². The number of nitrogens with zero attached hydrogens (tertiary/aromatic N) is 1. The summed E-state index contributed by atoms with van der Waals surface area (Å²) < 4.78 is 0. The number of hydrogen-bond donors (Lipinski definition) is 1. The lowest BCUT2D eigenvalue weighted by Gasteiger charge is -2.07. The molecule has 1 N–H and O–H groups in total. The molecule has 0 unspecified atom stereocenters. The first-order valence-electron chi connectivity index (χ1n) is 3.68. The van der Waals surface area contributed by atoms with Crippen molar-refractivity contribution >= 4 is 0 Å². The van der Waals surface area contributed by atoms with Gasteiger partial charge in [0.15, 0.2) is 0 Å². The van der Waals surface area contributed by atoms with E-state index in [4.69, 9.17) is 11.6 Å². The number of hydroxylamine groups is 2. The van der Waals surface area contributed by atoms with Gasteiger partial charge < -0.3 is 5.21 Å². The van der Waals surface area contributed by atoms with Gasteiger partial charge in [-0.1, -0.05) is 18.1 Å². The smallest absolute Gasteiger partial charge is 0.0485 e. The Kier molecular flexibility index (Phi) is 2.87. The molecule has 0 spiro atoms. The van der Waals surface area contributed by atoms with Crippen LogP contribution in [0.4, 0.5) is 0 Å². The second-order valence-electron chi connectivity index (χ2n) is 2.66. The fraction of sp³-hybridized carbons (Fsp3) is 0.200. The molecule has 1 aromatic carbocycles. The molecule has 0 amide bonds. The first-order chi connectivity index (χ1) is 5.72. The van der Waals surface area contributed by atoms with Crippen LogP contribution < -0.4 is 0 Å². The predicted molar refractivity (Wildman–Crippen MR) is 47.6 cm³/mol. The zero-order valence-electron chi connectivity index (χ0n) is 6.99. The largest absolute Gasteiger partial charge is 0.314 e. The second-order valence-corrected chi connectivity index (χ2v) is 2.66. The lowest BCUT2D eigenvalue weighted by Crippen LogP contribution is -2.11. The van der Waals surface area contributed by atoms with E-state index in [1.54, 1.807) is 7.05 Å². The standard InChI is InChI=1S/C10H11NO/c1-3-9-5-4-6-10(7-9)8-11(2)12/h1,4-7,12H,8H2,2H3. The van der Waals surface area contributed by atoms with E-state index in [1.165, 1.54) is 0 Å². The molecule has 1 aromatic rings. The molecule has 0 bridgehead atoms. The molecule has 0 aliphatic heterocycles. The molecular weight excluding hydrogens is 150 g/mol. The van der Waals surface area contributed by atoms with Crippen LogP contribution in [0.1, 0.15) is 11.1 Å². The summed E-state index contributed by atoms with van der Waals surface area (Å²) in [6.07, 6.45) is 5.22. The number of rotatable bonds is 2. The lowest BCUT2D eigenvalue weighted by atomic mass is 10.1. The van der Waals surface area contributed by atoms with E-state index in [0.29, 0.717) is 6.54 Å². The average Bonchev–Trinajstić information content (AvgIpc) is 2.03. The summed E-state index contributed by atoms with van der Waals surface area (Å²) in [5.41, 5.74) is 1.85. The van der Waals surface area contributed by atoms with Gasteiger partial charge in [0.25, 0.3) is 0 Å². The van der Waals surface area contributed by atoms with Gasteiger partial charge in [-0.3, -0.25) is 0 Å². The molecule has 0 heterocycles. The van der Waals surface area contributed by atoms with Crippen molar-refractivity contribution in [1.82, 2.24) is 5.06 Å². The van der Waals surface area contributed by atoms with Crippen LogP contribution in [0, 0.1) is 12.3 Å². The van der Waals surface area contributed by atoms with Gasteiger partial charge in [0, 0.05) is 19.2 Å². The quantitative estimate of drug-likeness (QED) is 0.524. The van der Waals surface area contributed by atoms with E-state index in [-0.39, 0.29) is 0 Å². The molecular formula is C10H11NO. The lowest BCUT2D eigenvalue weighted by molar-refractivity contribution is -0.0731. The summed E-state index contributed by atoms with van der Waals surface area (Å²) in [5, 5.41) is 10.1. The summed E-state index contributed by atoms with van der Waals surface area (Å²) in [5.74, 6) is 2.54. The minimum Gasteiger partial charge on any atom is -0.314 e. The number of benzene rings is 1. The molecule has 0 aliphatic rings. The molecule has 12 heavy (non-hydrogen) atoms. The molecule has 0 saturated heterocycles. The van der Waals surface area contributed by atoms with Crippen LogP contribution in [0.15, 0.2) is 24.3 Å². The SMILES string of the molecule is C#Cc1cccc(CN(C)O)c1. The van der Waals surface area contributed by atoms with E-state index < -0.39 is 0 Å². The summed E-state index contributed by atoms with van der Waals surface area (Å²) in [6.45, 7) is 0.496. The van der Waals surface area contributed by atoms with Crippen molar-refractivity contribution < 1.29 is 5.21 Å². The third-order valence-corrected chi connectivity index (χ3v) is 1.51. The maximum Gasteiger partial charge on any atom is 0.0485 e. The summed E-state index contributed by atoms with van der Waals surface area (Å²) in [4.78, 5) is 0. The summed E-state index contributed by atoms with van der Waals surface area (Å²) in [6, 6.07) is 7.55. The van der Waals surface area contributed by atoms with Gasteiger partial charge in [-0.15, -0.1) is 6.42 Å². The summed E-state index contributed by atoms with van der Waals surface area (Å²) >= 11 is 0. The van der Waals surface area contributed by atoms with Crippen molar-refractivity contribution in [2.75, 3.05) is 7.05 Å². The van der Waals surface area contributed by atoms with Crippen molar-refractivity contribution in [2.24, 2.45) is 0 Å². The van der Waals surface area contributed by atoms with Gasteiger partial charge in [0.05, 0.1) is 0 Å². The van der Waals surface area contributed by atoms with Crippen LogP contribution in [-0.4, -0.2) is 17.3 Å². The van der Waals surface area contributed by atoms with Crippen LogP contribution in [0.2, 0.25) is 0 Å². The third kappa shape index (κ3) is 2.39. The zero-order chi connectivity index (χ0) is 8.97. The highest BCUT2D eigenvalue weighted by Crippen LogP contribution is 2.05. The normalized spacial score (nSPS) is 9.83. The van der Waals surface area contributed by atoms with Gasteiger partial charge in [-0.25, -0.2) is 0 Å². The molecule has 1 rings (SSSR count). The molecule has 0 aromatic heterocycles. The molecule has 62 valence electrons. The molecule has 2 nitrogen and oxygen atoms in total. The van der Waals surface area contributed by atoms with Gasteiger partial charge in [-0.2, -0.15) is 5.06 Å². The Labute approximate surface area is 72.4 Å². The van der Waals surface area contributed by atoms with Gasteiger partial charge in [-0.05, 0) is 17.7 Å². The first kappa shape index (κ1) is 8.79. The number of hydrogen-bond acceptors (Lipinski definition) is 2. The van der Waals surface area contributed by atoms with Crippen molar-refractivity contribution in [1.29, 1.82) is 0 Å². The highest BCUT2D eigenvalue weighted by Gasteiger charge is 1.95. The molecule has 0 fully saturated rings. The van der Waals surface area contributed by atoms with Crippen LogP contribution in [0.5, 0.6) is 0 Å². The molecule has 2 heteroatoms. The van der Waals surface area contributed by atoms with E-state index in [9.17, 15) is 0 Å². The monoisotopic (exact) mass is 161 g/mol. The average molecular weight is 161 g/mol. The van der Waals surface area contributed by atoms with Crippen molar-refractivity contribution in [3.05, 3.63) is 35.4 Å². The Morgan fingerprint density at radius 3 is 2.92 bits per heavy atom. The molecule has 0 atom stereocenters. The molecule has 0 saturated carbocycles. The Morgan fingerprint density at radius 1 is 1.58 bits per heavy atom. The van der Waals surface area contributed by atoms with E-state index >= 15 is 0 Å². The minimum absolute atomic E-state index is 0.496. The van der Waals surface area contributed by atoms with Gasteiger partial charge in [0.1, 0.15) is 0 Å². The van der Waals surface area contributed by atoms with Crippen molar-refractivity contribution in [3.63, 3.8) is 0 Å². The van der Waals surface area contributed by atoms with Crippen LogP contribution in [-0.2, 0) is 6.54 Å². The first-order valence-corrected chi connectivity index (χ1v) is 3.68. The Morgan fingerprint density at radius 2 is 2.33 bits per heavy atom. The second kappa shape index (κ2) is 3.91. The predicted octanol–water partition coefficient (Wildman–Crippen LogP) is 1.49. The molecule has 0 aliphatic carbocycles. The minimum atomic E-state index is 0.496. The van der Waals surface area contributed by atoms with Crippen LogP contribution >= 0.6 is 0 Å². The van der Waals surface area contributed by atoms with E-state index in [1.807, 2.05) is 24.3 Å². The fourth-order valence-corrected chi connectivity index (χ4v) is 1.02. The Balaban J connectivity index is 2.81. The highest BCUT2D eigenvalue weighted by molar-refractivity contribution is 5.35. The molecule has 0 radical (unpaired) electrons. The maximum atomic E-state index is 8.95. The van der Waals surface area contributed by atoms with Gasteiger partial charge >= 0.3 is 0 Å². The van der Waals surface area contributed by atoms with Crippen molar-refractivity contribution in [2.45, 2.75) is 6.54 Å². The van der Waals surface area contributed by atoms with E-state index in [2.05, 4.69) is 5.92 Å². The van der Waals surface area contributed by atoms with Crippen LogP contribution in [0.3, 0.4) is 0 Å². The number of terminal acetylenes is 1. The topological polar surface area (TPSA) is 23.5 Å². The summed E-state index contributed by atoms with van der Waals surface area (Å²) in [7, 11) is 1.60. The van der Waals surface area contributed by atoms with Crippen LogP contribution in [0.25, 0.3) is 0 Å². The fourth-order valence-electron chi connectivity index (χ4n) is 1.02. The maximum absolute atomic E-state index is 8.95. The van der Waals surface area contributed by atoms with Gasteiger partial charge in [0.2, 0.25) is 0 Å².